The molecule has 0 saturated carbocycles. The minimum Gasteiger partial charge on any atom is -0.346 e. The molecular formula is C13H24N2. The van der Waals surface area contributed by atoms with Gasteiger partial charge in [0.2, 0.25) is 0 Å². The van der Waals surface area contributed by atoms with E-state index in [1.165, 1.54) is 50.0 Å². The van der Waals surface area contributed by atoms with Gasteiger partial charge in [0, 0.05) is 18.3 Å². The highest BCUT2D eigenvalue weighted by molar-refractivity contribution is 5.01. The van der Waals surface area contributed by atoms with Gasteiger partial charge in [-0.2, -0.15) is 0 Å². The Hall–Kier alpha value is -0.790. The predicted octanol–water partition coefficient (Wildman–Crippen LogP) is 3.88. The van der Waals surface area contributed by atoms with Crippen LogP contribution in [0.1, 0.15) is 63.9 Å². The summed E-state index contributed by atoms with van der Waals surface area (Å²) in [6, 6.07) is 0. The van der Waals surface area contributed by atoms with Crippen molar-refractivity contribution in [2.24, 2.45) is 0 Å². The molecule has 0 bridgehead atoms. The molecule has 0 aromatic carbocycles. The quantitative estimate of drug-likeness (QED) is 0.645. The average Bonchev–Trinajstić information content (AvgIpc) is 2.69. The highest BCUT2D eigenvalue weighted by Crippen LogP contribution is 2.07. The van der Waals surface area contributed by atoms with E-state index < -0.39 is 0 Å². The maximum atomic E-state index is 4.41. The van der Waals surface area contributed by atoms with Crippen molar-refractivity contribution in [3.05, 3.63) is 17.7 Å². The van der Waals surface area contributed by atoms with E-state index in [4.69, 9.17) is 0 Å². The lowest BCUT2D eigenvalue weighted by Gasteiger charge is -1.97. The SMILES string of the molecule is CCCCCCc1ncc(CCCC)[nH]1. The summed E-state index contributed by atoms with van der Waals surface area (Å²) < 4.78 is 0. The van der Waals surface area contributed by atoms with Crippen LogP contribution in [0, 0.1) is 0 Å². The van der Waals surface area contributed by atoms with E-state index in [1.54, 1.807) is 0 Å². The van der Waals surface area contributed by atoms with Gasteiger partial charge in [-0.25, -0.2) is 4.98 Å². The fourth-order valence-corrected chi connectivity index (χ4v) is 1.75. The van der Waals surface area contributed by atoms with Crippen molar-refractivity contribution in [3.8, 4) is 0 Å². The van der Waals surface area contributed by atoms with Crippen LogP contribution in [0.15, 0.2) is 6.20 Å². The molecule has 1 heterocycles. The number of nitrogens with zero attached hydrogens (tertiary/aromatic N) is 1. The number of nitrogens with one attached hydrogen (secondary N) is 1. The molecule has 0 aliphatic rings. The molecule has 86 valence electrons. The zero-order chi connectivity index (χ0) is 10.9. The van der Waals surface area contributed by atoms with Gasteiger partial charge in [-0.1, -0.05) is 39.5 Å². The molecule has 0 aliphatic heterocycles. The summed E-state index contributed by atoms with van der Waals surface area (Å²) in [6.07, 6.45) is 12.1. The number of aromatic nitrogens is 2. The highest BCUT2D eigenvalue weighted by atomic mass is 14.9. The molecule has 0 amide bonds. The molecule has 15 heavy (non-hydrogen) atoms. The van der Waals surface area contributed by atoms with Crippen molar-refractivity contribution < 1.29 is 0 Å². The fraction of sp³-hybridized carbons (Fsp3) is 0.769. The van der Waals surface area contributed by atoms with Gasteiger partial charge in [-0.3, -0.25) is 0 Å². The van der Waals surface area contributed by atoms with Gasteiger partial charge < -0.3 is 4.98 Å². The lowest BCUT2D eigenvalue weighted by atomic mass is 10.1. The largest absolute Gasteiger partial charge is 0.346 e. The first kappa shape index (κ1) is 12.3. The van der Waals surface area contributed by atoms with Gasteiger partial charge in [0.15, 0.2) is 0 Å². The van der Waals surface area contributed by atoms with E-state index in [9.17, 15) is 0 Å². The van der Waals surface area contributed by atoms with Gasteiger partial charge >= 0.3 is 0 Å². The van der Waals surface area contributed by atoms with Gasteiger partial charge in [-0.15, -0.1) is 0 Å². The lowest BCUT2D eigenvalue weighted by molar-refractivity contribution is 0.654. The Morgan fingerprint density at radius 3 is 2.53 bits per heavy atom. The number of H-pyrrole nitrogens is 1. The van der Waals surface area contributed by atoms with Crippen LogP contribution in [-0.2, 0) is 12.8 Å². The van der Waals surface area contributed by atoms with E-state index in [2.05, 4.69) is 23.8 Å². The zero-order valence-electron chi connectivity index (χ0n) is 10.2. The number of hydrogen-bond acceptors (Lipinski definition) is 1. The summed E-state index contributed by atoms with van der Waals surface area (Å²) in [6.45, 7) is 4.47. The number of aryl methyl sites for hydroxylation is 2. The summed E-state index contributed by atoms with van der Waals surface area (Å²) in [5.41, 5.74) is 1.31. The molecule has 0 spiro atoms. The summed E-state index contributed by atoms with van der Waals surface area (Å²) >= 11 is 0. The molecule has 0 unspecified atom stereocenters. The average molecular weight is 208 g/mol. The van der Waals surface area contributed by atoms with Crippen molar-refractivity contribution in [2.45, 2.75) is 65.2 Å². The third-order valence-corrected chi connectivity index (χ3v) is 2.75. The zero-order valence-corrected chi connectivity index (χ0v) is 10.2. The minimum atomic E-state index is 1.12. The molecule has 1 aromatic heterocycles. The first-order chi connectivity index (χ1) is 7.36. The Kier molecular flexibility index (Phi) is 6.14. The van der Waals surface area contributed by atoms with E-state index in [-0.39, 0.29) is 0 Å². The second-order valence-electron chi connectivity index (χ2n) is 4.27. The minimum absolute atomic E-state index is 1.12. The normalized spacial score (nSPS) is 10.8. The fourth-order valence-electron chi connectivity index (χ4n) is 1.75. The molecule has 1 aromatic rings. The van der Waals surface area contributed by atoms with Crippen LogP contribution in [0.4, 0.5) is 0 Å². The molecular weight excluding hydrogens is 184 g/mol. The predicted molar refractivity (Wildman–Crippen MR) is 65.0 cm³/mol. The highest BCUT2D eigenvalue weighted by Gasteiger charge is 1.99. The summed E-state index contributed by atoms with van der Waals surface area (Å²) in [5, 5.41) is 0. The van der Waals surface area contributed by atoms with Crippen molar-refractivity contribution in [2.75, 3.05) is 0 Å². The lowest BCUT2D eigenvalue weighted by Crippen LogP contribution is -1.90. The second kappa shape index (κ2) is 7.49. The molecule has 2 heteroatoms. The number of rotatable bonds is 8. The summed E-state index contributed by atoms with van der Waals surface area (Å²) in [7, 11) is 0. The van der Waals surface area contributed by atoms with Crippen molar-refractivity contribution in [1.82, 2.24) is 9.97 Å². The molecule has 0 aliphatic carbocycles. The first-order valence-corrected chi connectivity index (χ1v) is 6.39. The van der Waals surface area contributed by atoms with Gasteiger partial charge in [0.25, 0.3) is 0 Å². The number of imidazole rings is 1. The van der Waals surface area contributed by atoms with Gasteiger partial charge in [0.1, 0.15) is 5.82 Å². The van der Waals surface area contributed by atoms with E-state index in [0.717, 1.165) is 12.8 Å². The van der Waals surface area contributed by atoms with E-state index in [1.807, 2.05) is 6.20 Å². The molecule has 0 radical (unpaired) electrons. The smallest absolute Gasteiger partial charge is 0.106 e. The molecule has 0 fully saturated rings. The standard InChI is InChI=1S/C13H24N2/c1-3-5-7-8-10-13-14-11-12(15-13)9-6-4-2/h11H,3-10H2,1-2H3,(H,14,15). The van der Waals surface area contributed by atoms with Crippen LogP contribution in [0.2, 0.25) is 0 Å². The second-order valence-corrected chi connectivity index (χ2v) is 4.27. The number of unbranched alkanes of at least 4 members (excludes halogenated alkanes) is 4. The summed E-state index contributed by atoms with van der Waals surface area (Å²) in [5.74, 6) is 1.18. The van der Waals surface area contributed by atoms with E-state index >= 15 is 0 Å². The Morgan fingerprint density at radius 2 is 1.80 bits per heavy atom. The third-order valence-electron chi connectivity index (χ3n) is 2.75. The Labute approximate surface area is 93.5 Å². The maximum Gasteiger partial charge on any atom is 0.106 e. The van der Waals surface area contributed by atoms with Gasteiger partial charge in [0.05, 0.1) is 0 Å². The van der Waals surface area contributed by atoms with Crippen LogP contribution < -0.4 is 0 Å². The Bertz CT molecular complexity index is 253. The molecule has 2 nitrogen and oxygen atoms in total. The monoisotopic (exact) mass is 208 g/mol. The maximum absolute atomic E-state index is 4.41. The van der Waals surface area contributed by atoms with Gasteiger partial charge in [-0.05, 0) is 19.3 Å². The third kappa shape index (κ3) is 5.01. The van der Waals surface area contributed by atoms with Crippen LogP contribution in [-0.4, -0.2) is 9.97 Å². The van der Waals surface area contributed by atoms with E-state index in [0.29, 0.717) is 0 Å². The topological polar surface area (TPSA) is 28.7 Å². The number of hydrogen-bond donors (Lipinski definition) is 1. The molecule has 1 rings (SSSR count). The van der Waals surface area contributed by atoms with Crippen molar-refractivity contribution in [3.63, 3.8) is 0 Å². The molecule has 0 saturated heterocycles. The van der Waals surface area contributed by atoms with Crippen LogP contribution >= 0.6 is 0 Å². The van der Waals surface area contributed by atoms with Crippen molar-refractivity contribution >= 4 is 0 Å². The first-order valence-electron chi connectivity index (χ1n) is 6.39. The Morgan fingerprint density at radius 1 is 1.00 bits per heavy atom. The molecule has 1 N–H and O–H groups in total. The van der Waals surface area contributed by atoms with Crippen molar-refractivity contribution in [1.29, 1.82) is 0 Å². The number of aromatic amines is 1. The molecule has 0 atom stereocenters. The van der Waals surface area contributed by atoms with Crippen LogP contribution in [0.25, 0.3) is 0 Å². The Balaban J connectivity index is 2.20. The van der Waals surface area contributed by atoms with Crippen LogP contribution in [0.3, 0.4) is 0 Å². The van der Waals surface area contributed by atoms with Crippen LogP contribution in [0.5, 0.6) is 0 Å². The summed E-state index contributed by atoms with van der Waals surface area (Å²) in [4.78, 5) is 7.82.